The summed E-state index contributed by atoms with van der Waals surface area (Å²) in [7, 11) is 0. The third-order valence-corrected chi connectivity index (χ3v) is 4.56. The first-order valence-electron chi connectivity index (χ1n) is 6.65. The van der Waals surface area contributed by atoms with Crippen LogP contribution in [0.15, 0.2) is 48.5 Å². The summed E-state index contributed by atoms with van der Waals surface area (Å²) in [5, 5.41) is 1.16. The summed E-state index contributed by atoms with van der Waals surface area (Å²) < 4.78 is 0. The molecule has 3 rings (SSSR count). The normalized spacial score (nSPS) is 15.9. The Labute approximate surface area is 128 Å². The van der Waals surface area contributed by atoms with Gasteiger partial charge in [0.25, 0.3) is 0 Å². The number of hydrogen-bond acceptors (Lipinski definition) is 1. The van der Waals surface area contributed by atoms with Crippen LogP contribution >= 0.6 is 23.2 Å². The third kappa shape index (κ3) is 2.48. The minimum atomic E-state index is -0.287. The van der Waals surface area contributed by atoms with Crippen LogP contribution in [0.3, 0.4) is 0 Å². The predicted molar refractivity (Wildman–Crippen MR) is 82.5 cm³/mol. The molecule has 3 heteroatoms. The minimum Gasteiger partial charge on any atom is -0.298 e. The molecule has 102 valence electrons. The van der Waals surface area contributed by atoms with Gasteiger partial charge >= 0.3 is 0 Å². The van der Waals surface area contributed by atoms with Crippen LogP contribution in [0.5, 0.6) is 0 Å². The second kappa shape index (κ2) is 5.23. The Kier molecular flexibility index (Phi) is 3.57. The molecule has 0 saturated heterocycles. The Hall–Kier alpha value is -1.31. The van der Waals surface area contributed by atoms with E-state index in [1.807, 2.05) is 36.4 Å². The van der Waals surface area contributed by atoms with Gasteiger partial charge in [-0.3, -0.25) is 4.79 Å². The Morgan fingerprint density at radius 1 is 1.05 bits per heavy atom. The fourth-order valence-electron chi connectivity index (χ4n) is 2.62. The highest BCUT2D eigenvalue weighted by Crippen LogP contribution is 2.49. The highest BCUT2D eigenvalue weighted by atomic mass is 35.5. The quantitative estimate of drug-likeness (QED) is 0.790. The van der Waals surface area contributed by atoms with Crippen LogP contribution in [-0.2, 0) is 16.6 Å². The molecule has 2 aromatic rings. The van der Waals surface area contributed by atoms with E-state index in [0.717, 1.165) is 24.0 Å². The average Bonchev–Trinajstić information content (AvgIpc) is 3.24. The first-order chi connectivity index (χ1) is 9.62. The molecule has 0 aromatic heterocycles. The Morgan fingerprint density at radius 2 is 1.75 bits per heavy atom. The van der Waals surface area contributed by atoms with E-state index in [9.17, 15) is 4.79 Å². The predicted octanol–water partition coefficient (Wildman–Crippen LogP) is 4.84. The lowest BCUT2D eigenvalue weighted by Gasteiger charge is -2.15. The van der Waals surface area contributed by atoms with E-state index < -0.39 is 0 Å². The second-order valence-electron chi connectivity index (χ2n) is 5.28. The molecule has 0 amide bonds. The van der Waals surface area contributed by atoms with Crippen molar-refractivity contribution in [3.05, 3.63) is 69.7 Å². The van der Waals surface area contributed by atoms with Gasteiger partial charge in [-0.15, -0.1) is 0 Å². The standard InChI is InChI=1S/C17H14Cl2O/c18-14-7-6-12(15(19)11-14)10-16(20)17(8-9-17)13-4-2-1-3-5-13/h1-7,11H,8-10H2. The maximum Gasteiger partial charge on any atom is 0.147 e. The van der Waals surface area contributed by atoms with Crippen molar-refractivity contribution in [2.45, 2.75) is 24.7 Å². The van der Waals surface area contributed by atoms with Gasteiger partial charge in [0.15, 0.2) is 0 Å². The van der Waals surface area contributed by atoms with Crippen molar-refractivity contribution in [2.75, 3.05) is 0 Å². The van der Waals surface area contributed by atoms with Gasteiger partial charge in [-0.1, -0.05) is 59.6 Å². The van der Waals surface area contributed by atoms with Gasteiger partial charge in [0, 0.05) is 16.5 Å². The van der Waals surface area contributed by atoms with Gasteiger partial charge in [0.2, 0.25) is 0 Å². The Bertz CT molecular complexity index is 645. The number of rotatable bonds is 4. The van der Waals surface area contributed by atoms with Crippen LogP contribution in [-0.4, -0.2) is 5.78 Å². The van der Waals surface area contributed by atoms with Crippen molar-refractivity contribution in [3.8, 4) is 0 Å². The van der Waals surface area contributed by atoms with Gasteiger partial charge < -0.3 is 0 Å². The number of ketones is 1. The summed E-state index contributed by atoms with van der Waals surface area (Å²) in [5.74, 6) is 0.243. The molecule has 0 aliphatic heterocycles. The largest absolute Gasteiger partial charge is 0.298 e. The summed E-state index contributed by atoms with van der Waals surface area (Å²) in [4.78, 5) is 12.6. The van der Waals surface area contributed by atoms with Gasteiger partial charge in [-0.25, -0.2) is 0 Å². The van der Waals surface area contributed by atoms with Crippen molar-refractivity contribution in [1.29, 1.82) is 0 Å². The fraction of sp³-hybridized carbons (Fsp3) is 0.235. The number of halogens is 2. The number of hydrogen-bond donors (Lipinski definition) is 0. The molecule has 0 atom stereocenters. The van der Waals surface area contributed by atoms with Gasteiger partial charge in [-0.2, -0.15) is 0 Å². The monoisotopic (exact) mass is 304 g/mol. The molecule has 0 unspecified atom stereocenters. The van der Waals surface area contributed by atoms with Crippen molar-refractivity contribution >= 4 is 29.0 Å². The average molecular weight is 305 g/mol. The van der Waals surface area contributed by atoms with Gasteiger partial charge in [0.1, 0.15) is 5.78 Å². The highest BCUT2D eigenvalue weighted by molar-refractivity contribution is 6.35. The highest BCUT2D eigenvalue weighted by Gasteiger charge is 2.50. The minimum absolute atomic E-state index is 0.243. The lowest BCUT2D eigenvalue weighted by molar-refractivity contribution is -0.120. The topological polar surface area (TPSA) is 17.1 Å². The van der Waals surface area contributed by atoms with Crippen LogP contribution in [0.2, 0.25) is 10.0 Å². The molecule has 0 spiro atoms. The zero-order valence-corrected chi connectivity index (χ0v) is 12.4. The molecule has 0 heterocycles. The summed E-state index contributed by atoms with van der Waals surface area (Å²) in [5.41, 5.74) is 1.68. The molecule has 20 heavy (non-hydrogen) atoms. The molecule has 1 nitrogen and oxygen atoms in total. The van der Waals surface area contributed by atoms with Crippen molar-refractivity contribution < 1.29 is 4.79 Å². The van der Waals surface area contributed by atoms with Gasteiger partial charge in [-0.05, 0) is 36.1 Å². The molecule has 1 fully saturated rings. The molecular formula is C17H14Cl2O. The van der Waals surface area contributed by atoms with Crippen LogP contribution in [0, 0.1) is 0 Å². The lowest BCUT2D eigenvalue weighted by Crippen LogP contribution is -2.22. The van der Waals surface area contributed by atoms with E-state index in [2.05, 4.69) is 0 Å². The first kappa shape index (κ1) is 13.7. The van der Waals surface area contributed by atoms with E-state index in [1.54, 1.807) is 12.1 Å². The summed E-state index contributed by atoms with van der Waals surface area (Å²) >= 11 is 12.0. The summed E-state index contributed by atoms with van der Waals surface area (Å²) in [6, 6.07) is 15.3. The summed E-state index contributed by atoms with van der Waals surface area (Å²) in [6.45, 7) is 0. The Morgan fingerprint density at radius 3 is 2.35 bits per heavy atom. The van der Waals surface area contributed by atoms with Crippen LogP contribution in [0.25, 0.3) is 0 Å². The van der Waals surface area contributed by atoms with Crippen molar-refractivity contribution in [3.63, 3.8) is 0 Å². The van der Waals surface area contributed by atoms with E-state index >= 15 is 0 Å². The molecule has 1 aliphatic rings. The molecule has 0 bridgehead atoms. The third-order valence-electron chi connectivity index (χ3n) is 3.98. The van der Waals surface area contributed by atoms with E-state index in [0.29, 0.717) is 16.5 Å². The molecule has 0 radical (unpaired) electrons. The number of Topliss-reactive ketones (excluding diaryl/α,β-unsaturated/α-hetero) is 1. The van der Waals surface area contributed by atoms with E-state index in [1.165, 1.54) is 0 Å². The fourth-order valence-corrected chi connectivity index (χ4v) is 3.09. The molecular weight excluding hydrogens is 291 g/mol. The molecule has 2 aromatic carbocycles. The zero-order chi connectivity index (χ0) is 14.2. The molecule has 1 aliphatic carbocycles. The number of carbonyl (C=O) groups is 1. The maximum absolute atomic E-state index is 12.6. The van der Waals surface area contributed by atoms with E-state index in [4.69, 9.17) is 23.2 Å². The van der Waals surface area contributed by atoms with Gasteiger partial charge in [0.05, 0.1) is 5.41 Å². The maximum atomic E-state index is 12.6. The second-order valence-corrected chi connectivity index (χ2v) is 6.13. The number of benzene rings is 2. The smallest absolute Gasteiger partial charge is 0.147 e. The number of carbonyl (C=O) groups excluding carboxylic acids is 1. The van der Waals surface area contributed by atoms with Crippen LogP contribution in [0.4, 0.5) is 0 Å². The van der Waals surface area contributed by atoms with Crippen molar-refractivity contribution in [1.82, 2.24) is 0 Å². The molecule has 1 saturated carbocycles. The molecule has 0 N–H and O–H groups in total. The van der Waals surface area contributed by atoms with Crippen LogP contribution in [0.1, 0.15) is 24.0 Å². The lowest BCUT2D eigenvalue weighted by atomic mass is 9.88. The van der Waals surface area contributed by atoms with Crippen LogP contribution < -0.4 is 0 Å². The van der Waals surface area contributed by atoms with E-state index in [-0.39, 0.29) is 11.2 Å². The zero-order valence-electron chi connectivity index (χ0n) is 10.9. The first-order valence-corrected chi connectivity index (χ1v) is 7.40. The SMILES string of the molecule is O=C(Cc1ccc(Cl)cc1Cl)C1(c2ccccc2)CC1. The van der Waals surface area contributed by atoms with Crippen molar-refractivity contribution in [2.24, 2.45) is 0 Å². The Balaban J connectivity index is 1.83. The summed E-state index contributed by atoms with van der Waals surface area (Å²) in [6.07, 6.45) is 2.23.